The van der Waals surface area contributed by atoms with Gasteiger partial charge in [-0.25, -0.2) is 13.9 Å². The van der Waals surface area contributed by atoms with Gasteiger partial charge in [0.1, 0.15) is 5.75 Å². The van der Waals surface area contributed by atoms with Crippen LogP contribution < -0.4 is 15.0 Å². The Kier molecular flexibility index (Phi) is 9.66. The molecule has 3 heterocycles. The smallest absolute Gasteiger partial charge is 0.363 e. The number of nitrogens with one attached hydrogen (secondary N) is 1. The molecule has 13 heteroatoms. The molecular weight excluding hydrogens is 587 g/mol. The highest BCUT2D eigenvalue weighted by Gasteiger charge is 2.24. The van der Waals surface area contributed by atoms with E-state index in [0.717, 1.165) is 35.6 Å². The van der Waals surface area contributed by atoms with Crippen LogP contribution in [-0.4, -0.2) is 72.1 Å². The number of fused-ring (bicyclic) bond motifs is 1. The van der Waals surface area contributed by atoms with Crippen molar-refractivity contribution >= 4 is 61.7 Å². The average molecular weight is 622 g/mol. The van der Waals surface area contributed by atoms with Gasteiger partial charge in [0.2, 0.25) is 5.95 Å². The van der Waals surface area contributed by atoms with Gasteiger partial charge in [-0.2, -0.15) is 8.42 Å². The van der Waals surface area contributed by atoms with E-state index in [4.69, 9.17) is 27.9 Å². The van der Waals surface area contributed by atoms with E-state index >= 15 is 0 Å². The van der Waals surface area contributed by atoms with E-state index in [0.29, 0.717) is 39.1 Å². The second-order valence-corrected chi connectivity index (χ2v) is 11.6. The maximum atomic E-state index is 12.0. The van der Waals surface area contributed by atoms with Gasteiger partial charge in [0.05, 0.1) is 45.9 Å². The molecule has 2 N–H and O–H groups in total. The summed E-state index contributed by atoms with van der Waals surface area (Å²) in [6.07, 6.45) is 4.79. The van der Waals surface area contributed by atoms with E-state index < -0.39 is 10.3 Å². The maximum Gasteiger partial charge on any atom is 0.363 e. The Morgan fingerprint density at radius 1 is 1.10 bits per heavy atom. The van der Waals surface area contributed by atoms with E-state index in [2.05, 4.69) is 39.2 Å². The van der Waals surface area contributed by atoms with Crippen LogP contribution >= 0.6 is 23.2 Å². The number of piperidine rings is 1. The minimum absolute atomic E-state index is 0.201. The summed E-state index contributed by atoms with van der Waals surface area (Å²) in [7, 11) is 1.24. The summed E-state index contributed by atoms with van der Waals surface area (Å²) in [6, 6.07) is 11.0. The quantitative estimate of drug-likeness (QED) is 0.228. The molecule has 0 amide bonds. The first-order valence-electron chi connectivity index (χ1n) is 13.2. The van der Waals surface area contributed by atoms with Crippen molar-refractivity contribution in [1.82, 2.24) is 18.8 Å². The monoisotopic (exact) mass is 620 g/mol. The van der Waals surface area contributed by atoms with Crippen LogP contribution in [0.25, 0.3) is 22.2 Å². The van der Waals surface area contributed by atoms with E-state index in [1.165, 1.54) is 12.4 Å². The Hall–Kier alpha value is -3.09. The highest BCUT2D eigenvalue weighted by Crippen LogP contribution is 2.40. The molecule has 0 unspecified atom stereocenters. The van der Waals surface area contributed by atoms with Crippen LogP contribution in [0.2, 0.25) is 10.0 Å². The summed E-state index contributed by atoms with van der Waals surface area (Å²) in [5.74, 6) is 0.763. The number of ether oxygens (including phenoxy) is 1. The summed E-state index contributed by atoms with van der Waals surface area (Å²) in [5, 5.41) is 4.47. The van der Waals surface area contributed by atoms with Crippen LogP contribution in [0.3, 0.4) is 0 Å². The minimum Gasteiger partial charge on any atom is -0.494 e. The molecule has 1 fully saturated rings. The highest BCUT2D eigenvalue weighted by atomic mass is 35.5. The fourth-order valence-corrected chi connectivity index (χ4v) is 6.06. The third-order valence-electron chi connectivity index (χ3n) is 6.98. The molecule has 0 atom stereocenters. The van der Waals surface area contributed by atoms with Crippen molar-refractivity contribution in [2.45, 2.75) is 32.7 Å². The zero-order valence-corrected chi connectivity index (χ0v) is 25.9. The molecule has 0 radical (unpaired) electrons. The molecule has 1 saturated heterocycles. The van der Waals surface area contributed by atoms with E-state index in [1.54, 1.807) is 37.4 Å². The second-order valence-electron chi connectivity index (χ2n) is 9.53. The second kappa shape index (κ2) is 12.8. The van der Waals surface area contributed by atoms with Crippen LogP contribution in [0.15, 0.2) is 48.8 Å². The number of hydrogen-bond acceptors (Lipinski definition) is 8. The topological polar surface area (TPSA) is 113 Å². The lowest BCUT2D eigenvalue weighted by Gasteiger charge is -2.37. The number of aromatic nitrogens is 3. The fourth-order valence-electron chi connectivity index (χ4n) is 4.94. The molecule has 1 aliphatic heterocycles. The minimum atomic E-state index is -4.55. The molecule has 1 aliphatic rings. The summed E-state index contributed by atoms with van der Waals surface area (Å²) in [6.45, 7) is 5.78. The van der Waals surface area contributed by atoms with Gasteiger partial charge in [0.25, 0.3) is 0 Å². The molecule has 220 valence electrons. The van der Waals surface area contributed by atoms with Crippen molar-refractivity contribution in [1.29, 1.82) is 0 Å². The predicted molar refractivity (Wildman–Crippen MR) is 166 cm³/mol. The highest BCUT2D eigenvalue weighted by molar-refractivity contribution is 7.84. The third kappa shape index (κ3) is 6.54. The third-order valence-corrected chi connectivity index (χ3v) is 8.36. The fraction of sp³-hybridized carbons (Fsp3) is 0.357. The largest absolute Gasteiger partial charge is 0.494 e. The lowest BCUT2D eigenvalue weighted by atomic mass is 10.0. The van der Waals surface area contributed by atoms with Crippen LogP contribution in [0, 0.1) is 0 Å². The molecule has 4 aromatic rings. The molecule has 0 saturated carbocycles. The summed E-state index contributed by atoms with van der Waals surface area (Å²) in [4.78, 5) is 13.4. The summed E-state index contributed by atoms with van der Waals surface area (Å²) < 4.78 is 40.1. The Morgan fingerprint density at radius 2 is 1.78 bits per heavy atom. The van der Waals surface area contributed by atoms with Crippen molar-refractivity contribution in [2.24, 2.45) is 0 Å². The number of hydrogen-bond donors (Lipinski definition) is 2. The molecule has 41 heavy (non-hydrogen) atoms. The predicted octanol–water partition coefficient (Wildman–Crippen LogP) is 6.36. The Morgan fingerprint density at radius 3 is 2.41 bits per heavy atom. The first kappa shape index (κ1) is 30.9. The van der Waals surface area contributed by atoms with Gasteiger partial charge in [-0.05, 0) is 39.1 Å². The number of methoxy groups -OCH3 is 1. The van der Waals surface area contributed by atoms with Crippen LogP contribution in [0.4, 0.5) is 17.3 Å². The molecular formula is C28H34Cl2N6O4S. The normalized spacial score (nSPS) is 14.2. The van der Waals surface area contributed by atoms with Gasteiger partial charge >= 0.3 is 10.3 Å². The van der Waals surface area contributed by atoms with Gasteiger partial charge in [-0.1, -0.05) is 55.2 Å². The Bertz CT molecular complexity index is 1640. The van der Waals surface area contributed by atoms with Gasteiger partial charge in [0, 0.05) is 42.3 Å². The van der Waals surface area contributed by atoms with Gasteiger partial charge in [0.15, 0.2) is 0 Å². The van der Waals surface area contributed by atoms with Crippen LogP contribution in [0.5, 0.6) is 5.75 Å². The van der Waals surface area contributed by atoms with Crippen molar-refractivity contribution in [3.05, 3.63) is 58.8 Å². The molecule has 5 rings (SSSR count). The first-order valence-corrected chi connectivity index (χ1v) is 15.4. The zero-order chi connectivity index (χ0) is 29.9. The van der Waals surface area contributed by atoms with Crippen LogP contribution in [-0.2, 0) is 10.3 Å². The maximum absolute atomic E-state index is 12.0. The van der Waals surface area contributed by atoms with E-state index in [-0.39, 0.29) is 16.5 Å². The van der Waals surface area contributed by atoms with Gasteiger partial charge in [-0.15, -0.1) is 0 Å². The first-order chi connectivity index (χ1) is 19.6. The average Bonchev–Trinajstić information content (AvgIpc) is 3.36. The Labute approximate surface area is 250 Å². The van der Waals surface area contributed by atoms with Gasteiger partial charge in [-0.3, -0.25) is 4.55 Å². The van der Waals surface area contributed by atoms with Crippen LogP contribution in [0.1, 0.15) is 26.7 Å². The molecule has 2 aromatic carbocycles. The van der Waals surface area contributed by atoms with Gasteiger partial charge < -0.3 is 19.9 Å². The Balaban J connectivity index is 0.00000189. The molecule has 2 aromatic heterocycles. The summed E-state index contributed by atoms with van der Waals surface area (Å²) in [5.41, 5.74) is 2.45. The van der Waals surface area contributed by atoms with Crippen molar-refractivity contribution < 1.29 is 17.7 Å². The molecule has 0 spiro atoms. The van der Waals surface area contributed by atoms with E-state index in [1.807, 2.05) is 19.9 Å². The molecule has 0 bridgehead atoms. The lowest BCUT2D eigenvalue weighted by Crippen LogP contribution is -2.42. The SMILES string of the molecule is CC.COc1cc(N2CCC(N(C)C)CC2)c(Cl)cc1Nc1ncc(Cl)c(-c2cn(S(=O)(=O)O)c3ccccc23)n1. The number of rotatable bonds is 7. The number of benzene rings is 2. The van der Waals surface area contributed by atoms with E-state index in [9.17, 15) is 13.0 Å². The van der Waals surface area contributed by atoms with Crippen molar-refractivity contribution in [2.75, 3.05) is 44.5 Å². The van der Waals surface area contributed by atoms with Crippen molar-refractivity contribution in [3.8, 4) is 17.0 Å². The molecule has 0 aliphatic carbocycles. The standard InChI is InChI=1S/C26H28Cl2N6O4S.C2H6/c1-32(2)16-8-10-33(11-9-16)23-13-24(38-3)21(12-19(23)27)30-26-29-14-20(28)25(31-26)18-15-34(39(35,36)37)22-7-5-4-6-17(18)22;1-2/h4-7,12-16H,8-11H2,1-3H3,(H,29,30,31)(H,35,36,37);1-2H3. The van der Waals surface area contributed by atoms with Crippen molar-refractivity contribution in [3.63, 3.8) is 0 Å². The number of halogens is 2. The summed E-state index contributed by atoms with van der Waals surface area (Å²) >= 11 is 13.2. The lowest BCUT2D eigenvalue weighted by molar-refractivity contribution is 0.249. The zero-order valence-electron chi connectivity index (χ0n) is 23.6. The molecule has 10 nitrogen and oxygen atoms in total. The number of nitrogens with zero attached hydrogens (tertiary/aromatic N) is 5. The number of anilines is 3. The number of para-hydroxylation sites is 1.